The van der Waals surface area contributed by atoms with E-state index in [-0.39, 0.29) is 159 Å². The molecule has 0 aromatic heterocycles. The Morgan fingerprint density at radius 1 is 0.111 bits per heavy atom. The Hall–Kier alpha value is -16.4. The van der Waals surface area contributed by atoms with Gasteiger partial charge in [-0.3, -0.25) is 0 Å². The lowest BCUT2D eigenvalue weighted by Gasteiger charge is -2.20. The lowest BCUT2D eigenvalue weighted by atomic mass is 9.82. The third-order valence-electron chi connectivity index (χ3n) is 24.0. The van der Waals surface area contributed by atoms with Crippen molar-refractivity contribution in [3.8, 4) is 111 Å². The molecule has 586 valence electrons. The minimum Gasteiger partial charge on any atom is -0.0622 e. The van der Waals surface area contributed by atoms with E-state index in [1.165, 1.54) is 6.07 Å². The Morgan fingerprint density at radius 2 is 0.373 bits per heavy atom. The molecule has 0 fully saturated rings. The maximum Gasteiger partial charge on any atom is 0.0629 e. The predicted octanol–water partition coefficient (Wildman–Crippen LogP) is 35.6. The van der Waals surface area contributed by atoms with Crippen LogP contribution in [0.25, 0.3) is 241 Å². The Morgan fingerprint density at radius 3 is 0.794 bits per heavy atom. The summed E-state index contributed by atoms with van der Waals surface area (Å²) in [5, 5.41) is 13.5. The smallest absolute Gasteiger partial charge is 0.0622 e. The van der Waals surface area contributed by atoms with Gasteiger partial charge in [0.15, 0.2) is 0 Å². The third-order valence-corrected chi connectivity index (χ3v) is 24.0. The van der Waals surface area contributed by atoms with Crippen LogP contribution in [0, 0.1) is 0 Å². The van der Waals surface area contributed by atoms with Crippen molar-refractivity contribution in [2.75, 3.05) is 0 Å². The normalized spacial score (nSPS) is 14.6. The zero-order valence-corrected chi connectivity index (χ0v) is 67.2. The molecule has 0 nitrogen and oxygen atoms in total. The Balaban J connectivity index is 0.000000127. The molecule has 0 amide bonds. The molecule has 0 bridgehead atoms. The van der Waals surface area contributed by atoms with E-state index in [9.17, 15) is 13.7 Å². The molecule has 0 N–H and O–H groups in total. The van der Waals surface area contributed by atoms with Crippen LogP contribution in [0.1, 0.15) is 38.4 Å². The Bertz CT molecular complexity index is 10200. The molecular weight excluding hydrogens is 1510 g/mol. The molecule has 126 heavy (non-hydrogen) atoms. The van der Waals surface area contributed by atoms with Crippen LogP contribution < -0.4 is 0 Å². The summed E-state index contributed by atoms with van der Waals surface area (Å²) in [5.41, 5.74) is 10.8. The average Bonchev–Trinajstić information content (AvgIpc) is 0.700. The van der Waals surface area contributed by atoms with E-state index >= 15 is 0 Å². The largest absolute Gasteiger partial charge is 0.0629 e. The fourth-order valence-electron chi connectivity index (χ4n) is 18.6. The molecule has 0 saturated carbocycles. The van der Waals surface area contributed by atoms with Crippen molar-refractivity contribution in [3.05, 3.63) is 497 Å². The van der Waals surface area contributed by atoms with Crippen LogP contribution in [0.2, 0.25) is 0 Å². The van der Waals surface area contributed by atoms with E-state index in [0.717, 1.165) is 98.0 Å². The van der Waals surface area contributed by atoms with Gasteiger partial charge in [-0.2, -0.15) is 0 Å². The second kappa shape index (κ2) is 32.2. The van der Waals surface area contributed by atoms with Crippen LogP contribution in [0.5, 0.6) is 0 Å². The van der Waals surface area contributed by atoms with Crippen molar-refractivity contribution in [3.63, 3.8) is 0 Å². The number of hydrogen-bond donors (Lipinski definition) is 0. The van der Waals surface area contributed by atoms with Crippen LogP contribution in [-0.4, -0.2) is 0 Å². The highest BCUT2D eigenvalue weighted by Gasteiger charge is 2.25. The van der Waals surface area contributed by atoms with Gasteiger partial charge < -0.3 is 0 Å². The van der Waals surface area contributed by atoms with Crippen molar-refractivity contribution >= 4 is 129 Å². The molecule has 0 saturated heterocycles. The van der Waals surface area contributed by atoms with Crippen LogP contribution in [0.4, 0.5) is 0 Å². The van der Waals surface area contributed by atoms with E-state index in [1.54, 1.807) is 72.8 Å². The molecular formula is C126H82. The van der Waals surface area contributed by atoms with Gasteiger partial charge in [0.25, 0.3) is 0 Å². The SMILES string of the molecule is [2H]c1c([2H])c([2H])c2c(-c3cccc4c(-c5ccc6ccccc6c5)cccc34)c3c([2H])c([2H])c([2H])c([2H])c3c(-c3ccccc3)c2c1[2H].[2H]c1c([2H])c([2H])c2c(-c3cccc4c(-c5cccc6ccccc56)cccc34)c3c([2H])c([2H])c([2H])c([2H])c3c(-c3ccccc3)c2c1[2H].[2H]c1cc([2H])c2c(-c3ccccc3-c3c([2H])c([2H])c([2H])c([2H])c3[2H])c3c([2H])c([2H])c([2H])c([2H])c3c(-c3cccc4c(-c5ccc6ccccc6c5)cccc34)c2c1[2H]. The fraction of sp³-hybridized carbons (Fsp3) is 0. The van der Waals surface area contributed by atoms with E-state index in [1.807, 2.05) is 176 Å². The summed E-state index contributed by atoms with van der Waals surface area (Å²) in [5.74, 6) is 0. The van der Waals surface area contributed by atoms with Gasteiger partial charge in [0.1, 0.15) is 0 Å². The summed E-state index contributed by atoms with van der Waals surface area (Å²) in [4.78, 5) is 0. The standard InChI is InChI=1S/C46H30.2C40H26/c1-2-15-32(16-3-1)35-18-6-7-19-39(35)45-41-20-8-10-22-43(41)46(44-23-11-9-21-42(44)45)40-27-13-25-37-36(24-12-26-38(37)40)34-29-28-31-14-4-5-17-33(31)30-34;1-2-14-28(15-3-1)39-35-18-6-8-20-37(35)40(38-21-9-7-19-36(38)39)34-26-12-24-32-31(23-11-25-33(32)34)30-22-10-16-27-13-4-5-17-29(27)30;1-2-13-28(14-3-1)39-35-16-6-8-18-37(35)40(38-19-9-7-17-36(38)39)34-23-11-21-32-31(20-10-22-33(32)34)30-25-24-27-12-4-5-15-29(27)26-30/h1-30H;2*1-26H/i1D,2D,3D,8D,10D,11D,15D,16D,20D,21D,22D,23D;6D,7D,8D,9D,18D,19D,20D,21D;6D,7D,8D,9D,16D,17D,18D,19D. The predicted molar refractivity (Wildman–Crippen MR) is 544 cm³/mol. The van der Waals surface area contributed by atoms with Crippen molar-refractivity contribution in [1.82, 2.24) is 0 Å². The fourth-order valence-corrected chi connectivity index (χ4v) is 18.6. The first-order chi connectivity index (χ1) is 74.2. The summed E-state index contributed by atoms with van der Waals surface area (Å²) in [7, 11) is 0. The lowest BCUT2D eigenvalue weighted by molar-refractivity contribution is 1.61. The molecule has 0 radical (unpaired) electrons. The molecule has 25 rings (SSSR count). The molecule has 0 aliphatic rings. The minimum absolute atomic E-state index is 0.0293. The lowest BCUT2D eigenvalue weighted by Crippen LogP contribution is -1.93. The zero-order valence-electron chi connectivity index (χ0n) is 95.2. The van der Waals surface area contributed by atoms with Crippen molar-refractivity contribution in [2.24, 2.45) is 0 Å². The summed E-state index contributed by atoms with van der Waals surface area (Å²) < 4.78 is 250. The topological polar surface area (TPSA) is 0 Å². The molecule has 0 spiro atoms. The first-order valence-electron chi connectivity index (χ1n) is 55.4. The Labute approximate surface area is 772 Å². The van der Waals surface area contributed by atoms with E-state index in [2.05, 4.69) is 72.8 Å². The summed E-state index contributed by atoms with van der Waals surface area (Å²) in [6, 6.07) is 93.2. The second-order valence-corrected chi connectivity index (χ2v) is 30.9. The second-order valence-electron chi connectivity index (χ2n) is 30.9. The zero-order chi connectivity index (χ0) is 108. The van der Waals surface area contributed by atoms with Gasteiger partial charge in [-0.05, 0) is 253 Å². The number of fused-ring (bicyclic) bond motifs is 12. The van der Waals surface area contributed by atoms with E-state index in [4.69, 9.17) is 24.7 Å². The van der Waals surface area contributed by atoms with Crippen LogP contribution in [-0.2, 0) is 0 Å². The molecule has 0 atom stereocenters. The van der Waals surface area contributed by atoms with Gasteiger partial charge in [-0.1, -0.05) is 485 Å². The van der Waals surface area contributed by atoms with Crippen LogP contribution >= 0.6 is 0 Å². The van der Waals surface area contributed by atoms with E-state index < -0.39 is 103 Å². The number of rotatable bonds is 10. The first-order valence-corrected chi connectivity index (χ1v) is 41.4. The highest BCUT2D eigenvalue weighted by Crippen LogP contribution is 2.52. The maximum absolute atomic E-state index is 9.48. The monoisotopic (exact) mass is 1620 g/mol. The minimum atomic E-state index is -0.570. The Kier molecular flexibility index (Phi) is 13.0. The molecule has 0 unspecified atom stereocenters. The van der Waals surface area contributed by atoms with Crippen LogP contribution in [0.3, 0.4) is 0 Å². The highest BCUT2D eigenvalue weighted by molar-refractivity contribution is 6.28. The van der Waals surface area contributed by atoms with Gasteiger partial charge in [0, 0.05) is 0 Å². The molecule has 0 heteroatoms. The molecule has 25 aromatic carbocycles. The van der Waals surface area contributed by atoms with Crippen molar-refractivity contribution in [2.45, 2.75) is 0 Å². The van der Waals surface area contributed by atoms with Gasteiger partial charge in [0.2, 0.25) is 0 Å². The van der Waals surface area contributed by atoms with Gasteiger partial charge in [0.05, 0.1) is 38.4 Å². The van der Waals surface area contributed by atoms with Gasteiger partial charge >= 0.3 is 0 Å². The van der Waals surface area contributed by atoms with Crippen molar-refractivity contribution in [1.29, 1.82) is 0 Å². The maximum atomic E-state index is 9.48. The van der Waals surface area contributed by atoms with E-state index in [0.29, 0.717) is 50.1 Å². The molecule has 0 aliphatic heterocycles. The molecule has 0 heterocycles. The number of benzene rings is 25. The molecule has 25 aromatic rings. The summed E-state index contributed by atoms with van der Waals surface area (Å²) >= 11 is 0. The highest BCUT2D eigenvalue weighted by atomic mass is 14.3. The average molecular weight is 1620 g/mol. The van der Waals surface area contributed by atoms with Gasteiger partial charge in [-0.15, -0.1) is 0 Å². The third kappa shape index (κ3) is 13.1. The van der Waals surface area contributed by atoms with Gasteiger partial charge in [-0.25, -0.2) is 0 Å². The number of hydrogen-bond acceptors (Lipinski definition) is 0. The molecule has 0 aliphatic carbocycles. The first kappa shape index (κ1) is 50.8. The summed E-state index contributed by atoms with van der Waals surface area (Å²) in [6.07, 6.45) is 0. The van der Waals surface area contributed by atoms with Crippen molar-refractivity contribution < 1.29 is 38.4 Å². The summed E-state index contributed by atoms with van der Waals surface area (Å²) in [6.45, 7) is 0. The quantitative estimate of drug-likeness (QED) is 0.120. The van der Waals surface area contributed by atoms with Crippen LogP contribution in [0.15, 0.2) is 497 Å².